The topological polar surface area (TPSA) is 15.3 Å². The lowest BCUT2D eigenvalue weighted by Crippen LogP contribution is -2.42. The molecule has 0 aliphatic carbocycles. The van der Waals surface area contributed by atoms with Gasteiger partial charge in [0.05, 0.1) is 0 Å². The summed E-state index contributed by atoms with van der Waals surface area (Å²) in [6.07, 6.45) is 4.01. The van der Waals surface area contributed by atoms with E-state index in [4.69, 9.17) is 0 Å². The van der Waals surface area contributed by atoms with Crippen LogP contribution in [0.2, 0.25) is 0 Å². The van der Waals surface area contributed by atoms with Gasteiger partial charge in [-0.15, -0.1) is 0 Å². The Kier molecular flexibility index (Phi) is 6.65. The molecule has 1 unspecified atom stereocenters. The van der Waals surface area contributed by atoms with Gasteiger partial charge in [0.25, 0.3) is 0 Å². The first kappa shape index (κ1) is 12.3. The third-order valence-electron chi connectivity index (χ3n) is 2.83. The van der Waals surface area contributed by atoms with E-state index in [0.717, 1.165) is 12.6 Å². The van der Waals surface area contributed by atoms with Crippen molar-refractivity contribution in [3.05, 3.63) is 0 Å². The third kappa shape index (κ3) is 4.20. The number of rotatable bonds is 5. The third-order valence-corrected chi connectivity index (χ3v) is 3.88. The average Bonchev–Trinajstić information content (AvgIpc) is 2.45. The van der Waals surface area contributed by atoms with E-state index in [2.05, 4.69) is 35.9 Å². The van der Waals surface area contributed by atoms with E-state index in [1.807, 2.05) is 0 Å². The molecule has 0 saturated carbocycles. The number of nitrogens with one attached hydrogen (secondary N) is 1. The van der Waals surface area contributed by atoms with Crippen molar-refractivity contribution in [3.8, 4) is 0 Å². The van der Waals surface area contributed by atoms with Crippen LogP contribution in [0.1, 0.15) is 26.2 Å². The summed E-state index contributed by atoms with van der Waals surface area (Å²) in [5.41, 5.74) is 0. The molecule has 0 bridgehead atoms. The number of thioether (sulfide) groups is 1. The Balaban J connectivity index is 2.38. The van der Waals surface area contributed by atoms with Gasteiger partial charge in [-0.1, -0.05) is 13.3 Å². The van der Waals surface area contributed by atoms with E-state index in [1.54, 1.807) is 0 Å². The van der Waals surface area contributed by atoms with Crippen LogP contribution in [0.5, 0.6) is 0 Å². The van der Waals surface area contributed by atoms with Crippen LogP contribution >= 0.6 is 11.8 Å². The number of hydrogen-bond acceptors (Lipinski definition) is 3. The minimum Gasteiger partial charge on any atom is -0.318 e. The van der Waals surface area contributed by atoms with Crippen molar-refractivity contribution in [2.24, 2.45) is 0 Å². The van der Waals surface area contributed by atoms with E-state index in [1.165, 1.54) is 43.9 Å². The van der Waals surface area contributed by atoms with Crippen molar-refractivity contribution in [3.63, 3.8) is 0 Å². The summed E-state index contributed by atoms with van der Waals surface area (Å²) in [4.78, 5) is 2.68. The Labute approximate surface area is 92.8 Å². The zero-order chi connectivity index (χ0) is 10.2. The van der Waals surface area contributed by atoms with Crippen LogP contribution in [0.15, 0.2) is 0 Å². The summed E-state index contributed by atoms with van der Waals surface area (Å²) in [7, 11) is 2.06. The molecule has 84 valence electrons. The van der Waals surface area contributed by atoms with E-state index < -0.39 is 0 Å². The summed E-state index contributed by atoms with van der Waals surface area (Å²) in [5.74, 6) is 2.68. The molecule has 1 saturated heterocycles. The summed E-state index contributed by atoms with van der Waals surface area (Å²) >= 11 is 2.11. The summed E-state index contributed by atoms with van der Waals surface area (Å²) < 4.78 is 0. The second-order valence-corrected chi connectivity index (χ2v) is 5.23. The first-order valence-corrected chi connectivity index (χ1v) is 7.00. The monoisotopic (exact) mass is 216 g/mol. The first-order valence-electron chi connectivity index (χ1n) is 5.85. The fourth-order valence-corrected chi connectivity index (χ4v) is 3.01. The minimum atomic E-state index is 0.767. The Morgan fingerprint density at radius 1 is 1.36 bits per heavy atom. The number of likely N-dealkylation sites (N-methyl/N-ethyl adjacent to an activating group) is 1. The zero-order valence-corrected chi connectivity index (χ0v) is 10.4. The zero-order valence-electron chi connectivity index (χ0n) is 9.59. The summed E-state index contributed by atoms with van der Waals surface area (Å²) in [6, 6.07) is 0.767. The van der Waals surface area contributed by atoms with Gasteiger partial charge in [0.15, 0.2) is 0 Å². The molecule has 0 radical (unpaired) electrons. The van der Waals surface area contributed by atoms with Crippen LogP contribution in [-0.4, -0.2) is 49.1 Å². The van der Waals surface area contributed by atoms with E-state index in [9.17, 15) is 0 Å². The molecule has 1 aliphatic rings. The molecule has 1 rings (SSSR count). The molecule has 14 heavy (non-hydrogen) atoms. The lowest BCUT2D eigenvalue weighted by molar-refractivity contribution is 0.197. The smallest absolute Gasteiger partial charge is 0.0220 e. The summed E-state index contributed by atoms with van der Waals surface area (Å²) in [6.45, 7) is 6.03. The molecule has 1 fully saturated rings. The highest BCUT2D eigenvalue weighted by Crippen LogP contribution is 2.14. The molecule has 2 nitrogen and oxygen atoms in total. The maximum atomic E-state index is 3.32. The molecule has 0 aromatic carbocycles. The molecule has 3 heteroatoms. The minimum absolute atomic E-state index is 0.767. The van der Waals surface area contributed by atoms with Crippen LogP contribution in [-0.2, 0) is 0 Å². The van der Waals surface area contributed by atoms with Crippen LogP contribution < -0.4 is 5.32 Å². The standard InChI is InChI=1S/C11H24N2S/c1-3-5-11(10-12-2)13-6-4-8-14-9-7-13/h11-12H,3-10H2,1-2H3. The molecule has 0 spiro atoms. The SMILES string of the molecule is CCCC(CNC)N1CCCSCC1. The van der Waals surface area contributed by atoms with Gasteiger partial charge in [0, 0.05) is 24.9 Å². The summed E-state index contributed by atoms with van der Waals surface area (Å²) in [5, 5.41) is 3.32. The Morgan fingerprint density at radius 3 is 2.93 bits per heavy atom. The van der Waals surface area contributed by atoms with Gasteiger partial charge in [0.1, 0.15) is 0 Å². The average molecular weight is 216 g/mol. The van der Waals surface area contributed by atoms with Gasteiger partial charge in [-0.25, -0.2) is 0 Å². The van der Waals surface area contributed by atoms with Gasteiger partial charge in [-0.3, -0.25) is 4.90 Å². The maximum absolute atomic E-state index is 3.32. The van der Waals surface area contributed by atoms with Crippen LogP contribution in [0.4, 0.5) is 0 Å². The Morgan fingerprint density at radius 2 is 2.21 bits per heavy atom. The van der Waals surface area contributed by atoms with Gasteiger partial charge in [-0.05, 0) is 32.2 Å². The number of hydrogen-bond donors (Lipinski definition) is 1. The molecule has 1 atom stereocenters. The van der Waals surface area contributed by atoms with Gasteiger partial charge in [-0.2, -0.15) is 11.8 Å². The van der Waals surface area contributed by atoms with Crippen LogP contribution in [0.3, 0.4) is 0 Å². The van der Waals surface area contributed by atoms with Crippen molar-refractivity contribution in [1.82, 2.24) is 10.2 Å². The highest BCUT2D eigenvalue weighted by atomic mass is 32.2. The molecule has 0 aromatic rings. The fourth-order valence-electron chi connectivity index (χ4n) is 2.11. The fraction of sp³-hybridized carbons (Fsp3) is 1.00. The van der Waals surface area contributed by atoms with E-state index >= 15 is 0 Å². The second-order valence-electron chi connectivity index (χ2n) is 4.00. The lowest BCUT2D eigenvalue weighted by atomic mass is 10.1. The molecular weight excluding hydrogens is 192 g/mol. The molecule has 1 aliphatic heterocycles. The molecule has 0 aromatic heterocycles. The molecule has 1 heterocycles. The van der Waals surface area contributed by atoms with Crippen molar-refractivity contribution in [2.75, 3.05) is 38.2 Å². The second kappa shape index (κ2) is 7.55. The Bertz CT molecular complexity index is 127. The molecular formula is C11H24N2S. The van der Waals surface area contributed by atoms with E-state index in [0.29, 0.717) is 0 Å². The first-order chi connectivity index (χ1) is 6.88. The quantitative estimate of drug-likeness (QED) is 0.754. The normalized spacial score (nSPS) is 21.9. The van der Waals surface area contributed by atoms with Crippen molar-refractivity contribution in [2.45, 2.75) is 32.2 Å². The number of nitrogens with zero attached hydrogens (tertiary/aromatic N) is 1. The van der Waals surface area contributed by atoms with Crippen molar-refractivity contribution < 1.29 is 0 Å². The highest BCUT2D eigenvalue weighted by molar-refractivity contribution is 7.99. The Hall–Kier alpha value is 0.270. The lowest BCUT2D eigenvalue weighted by Gasteiger charge is -2.30. The van der Waals surface area contributed by atoms with Crippen LogP contribution in [0.25, 0.3) is 0 Å². The predicted molar refractivity (Wildman–Crippen MR) is 66.1 cm³/mol. The molecule has 1 N–H and O–H groups in total. The van der Waals surface area contributed by atoms with Gasteiger partial charge < -0.3 is 5.32 Å². The van der Waals surface area contributed by atoms with Crippen molar-refractivity contribution >= 4 is 11.8 Å². The maximum Gasteiger partial charge on any atom is 0.0220 e. The largest absolute Gasteiger partial charge is 0.318 e. The predicted octanol–water partition coefficient (Wildman–Crippen LogP) is 1.81. The molecule has 0 amide bonds. The van der Waals surface area contributed by atoms with Crippen LogP contribution in [0, 0.1) is 0 Å². The van der Waals surface area contributed by atoms with Crippen molar-refractivity contribution in [1.29, 1.82) is 0 Å². The van der Waals surface area contributed by atoms with Gasteiger partial charge in [0.2, 0.25) is 0 Å². The highest BCUT2D eigenvalue weighted by Gasteiger charge is 2.17. The van der Waals surface area contributed by atoms with E-state index in [-0.39, 0.29) is 0 Å². The van der Waals surface area contributed by atoms with Gasteiger partial charge >= 0.3 is 0 Å².